The molecule has 1 N–H and O–H groups in total. The van der Waals surface area contributed by atoms with Crippen LogP contribution in [0.5, 0.6) is 0 Å². The summed E-state index contributed by atoms with van der Waals surface area (Å²) in [7, 11) is 0. The fourth-order valence-electron chi connectivity index (χ4n) is 4.75. The first-order valence-corrected chi connectivity index (χ1v) is 11.2. The first-order chi connectivity index (χ1) is 14.0. The second-order valence-electron chi connectivity index (χ2n) is 10.4. The number of likely N-dealkylation sites (tertiary alicyclic amines) is 1. The van der Waals surface area contributed by atoms with Gasteiger partial charge in [0.15, 0.2) is 0 Å². The molecular formula is C27H38N2O. The van der Waals surface area contributed by atoms with Crippen molar-refractivity contribution >= 4 is 5.91 Å². The molecule has 1 heterocycles. The van der Waals surface area contributed by atoms with Crippen molar-refractivity contribution in [2.45, 2.75) is 78.3 Å². The molecule has 1 fully saturated rings. The van der Waals surface area contributed by atoms with E-state index in [1.54, 1.807) is 0 Å². The third-order valence-corrected chi connectivity index (χ3v) is 6.66. The van der Waals surface area contributed by atoms with Gasteiger partial charge in [-0.1, -0.05) is 63.2 Å². The maximum Gasteiger partial charge on any atom is 0.252 e. The Morgan fingerprint density at radius 1 is 0.933 bits per heavy atom. The number of benzene rings is 2. The Kier molecular flexibility index (Phi) is 6.43. The number of hydrogen-bond acceptors (Lipinski definition) is 2. The van der Waals surface area contributed by atoms with Crippen LogP contribution in [0.2, 0.25) is 0 Å². The van der Waals surface area contributed by atoms with Gasteiger partial charge in [0.25, 0.3) is 5.91 Å². The molecule has 0 spiro atoms. The van der Waals surface area contributed by atoms with E-state index in [0.29, 0.717) is 0 Å². The van der Waals surface area contributed by atoms with Gasteiger partial charge >= 0.3 is 0 Å². The molecule has 1 saturated heterocycles. The SMILES string of the molecule is Cc1cc(C(C)(C)C)cc(C)c1C(=O)NC(c1ccccc1)C(C)(C)N1CCCC1. The molecule has 1 atom stereocenters. The molecule has 2 aromatic rings. The Labute approximate surface area is 182 Å². The molecule has 1 unspecified atom stereocenters. The van der Waals surface area contributed by atoms with Crippen molar-refractivity contribution in [1.29, 1.82) is 0 Å². The Morgan fingerprint density at radius 3 is 1.97 bits per heavy atom. The molecule has 1 aliphatic heterocycles. The molecular weight excluding hydrogens is 368 g/mol. The molecule has 30 heavy (non-hydrogen) atoms. The van der Waals surface area contributed by atoms with E-state index < -0.39 is 0 Å². The molecule has 3 heteroatoms. The van der Waals surface area contributed by atoms with E-state index in [-0.39, 0.29) is 22.9 Å². The molecule has 2 aromatic carbocycles. The van der Waals surface area contributed by atoms with Gasteiger partial charge in [0.1, 0.15) is 0 Å². The van der Waals surface area contributed by atoms with Crippen LogP contribution >= 0.6 is 0 Å². The molecule has 3 rings (SSSR count). The monoisotopic (exact) mass is 406 g/mol. The largest absolute Gasteiger partial charge is 0.343 e. The van der Waals surface area contributed by atoms with E-state index in [4.69, 9.17) is 0 Å². The van der Waals surface area contributed by atoms with E-state index >= 15 is 0 Å². The van der Waals surface area contributed by atoms with Crippen molar-refractivity contribution in [1.82, 2.24) is 10.2 Å². The highest BCUT2D eigenvalue weighted by Crippen LogP contribution is 2.34. The van der Waals surface area contributed by atoms with Crippen molar-refractivity contribution in [3.05, 3.63) is 70.3 Å². The van der Waals surface area contributed by atoms with Crippen LogP contribution in [0.15, 0.2) is 42.5 Å². The highest BCUT2D eigenvalue weighted by atomic mass is 16.1. The molecule has 0 radical (unpaired) electrons. The first kappa shape index (κ1) is 22.6. The van der Waals surface area contributed by atoms with Crippen LogP contribution in [0.4, 0.5) is 0 Å². The normalized spacial score (nSPS) is 16.5. The molecule has 1 aliphatic rings. The summed E-state index contributed by atoms with van der Waals surface area (Å²) in [5, 5.41) is 3.43. The average molecular weight is 407 g/mol. The van der Waals surface area contributed by atoms with Crippen LogP contribution in [-0.4, -0.2) is 29.4 Å². The van der Waals surface area contributed by atoms with Crippen molar-refractivity contribution in [2.24, 2.45) is 0 Å². The molecule has 1 amide bonds. The Balaban J connectivity index is 1.96. The van der Waals surface area contributed by atoms with E-state index in [1.165, 1.54) is 18.4 Å². The maximum absolute atomic E-state index is 13.6. The summed E-state index contributed by atoms with van der Waals surface area (Å²) in [5.74, 6) is 0.0200. The summed E-state index contributed by atoms with van der Waals surface area (Å²) in [6.45, 7) is 17.5. The zero-order valence-electron chi connectivity index (χ0n) is 19.8. The van der Waals surface area contributed by atoms with Gasteiger partial charge in [0.05, 0.1) is 6.04 Å². The van der Waals surface area contributed by atoms with Gasteiger partial charge in [-0.25, -0.2) is 0 Å². The number of hydrogen-bond donors (Lipinski definition) is 1. The zero-order chi connectivity index (χ0) is 22.1. The molecule has 3 nitrogen and oxygen atoms in total. The molecule has 0 aromatic heterocycles. The van der Waals surface area contributed by atoms with Crippen molar-refractivity contribution in [3.63, 3.8) is 0 Å². The Hall–Kier alpha value is -2.13. The average Bonchev–Trinajstić information content (AvgIpc) is 3.21. The second kappa shape index (κ2) is 8.55. The summed E-state index contributed by atoms with van der Waals surface area (Å²) < 4.78 is 0. The van der Waals surface area contributed by atoms with Crippen LogP contribution in [0.25, 0.3) is 0 Å². The summed E-state index contributed by atoms with van der Waals surface area (Å²) in [4.78, 5) is 16.1. The van der Waals surface area contributed by atoms with Gasteiger partial charge < -0.3 is 5.32 Å². The lowest BCUT2D eigenvalue weighted by Gasteiger charge is -2.42. The van der Waals surface area contributed by atoms with Crippen LogP contribution in [0, 0.1) is 13.8 Å². The van der Waals surface area contributed by atoms with E-state index in [9.17, 15) is 4.79 Å². The fraction of sp³-hybridized carbons (Fsp3) is 0.519. The van der Waals surface area contributed by atoms with Crippen LogP contribution < -0.4 is 5.32 Å². The van der Waals surface area contributed by atoms with Gasteiger partial charge in [0.2, 0.25) is 0 Å². The number of amides is 1. The van der Waals surface area contributed by atoms with Gasteiger partial charge in [-0.15, -0.1) is 0 Å². The van der Waals surface area contributed by atoms with Crippen molar-refractivity contribution < 1.29 is 4.79 Å². The lowest BCUT2D eigenvalue weighted by molar-refractivity contribution is 0.0777. The molecule has 0 aliphatic carbocycles. The maximum atomic E-state index is 13.6. The third kappa shape index (κ3) is 4.62. The van der Waals surface area contributed by atoms with E-state index in [2.05, 4.69) is 95.1 Å². The number of carbonyl (C=O) groups excluding carboxylic acids is 1. The van der Waals surface area contributed by atoms with Gasteiger partial charge in [-0.2, -0.15) is 0 Å². The van der Waals surface area contributed by atoms with E-state index in [1.807, 2.05) is 6.07 Å². The Bertz CT molecular complexity index is 864. The van der Waals surface area contributed by atoms with Crippen LogP contribution in [0.3, 0.4) is 0 Å². The Morgan fingerprint density at radius 2 is 1.47 bits per heavy atom. The third-order valence-electron chi connectivity index (χ3n) is 6.66. The predicted molar refractivity (Wildman–Crippen MR) is 126 cm³/mol. The summed E-state index contributed by atoms with van der Waals surface area (Å²) in [6, 6.07) is 14.7. The van der Waals surface area contributed by atoms with Gasteiger partial charge in [-0.3, -0.25) is 9.69 Å². The minimum Gasteiger partial charge on any atom is -0.343 e. The van der Waals surface area contributed by atoms with Gasteiger partial charge in [0, 0.05) is 11.1 Å². The summed E-state index contributed by atoms with van der Waals surface area (Å²) in [6.07, 6.45) is 2.46. The number of aryl methyl sites for hydroxylation is 2. The fourth-order valence-corrected chi connectivity index (χ4v) is 4.75. The number of rotatable bonds is 5. The second-order valence-corrected chi connectivity index (χ2v) is 10.4. The zero-order valence-corrected chi connectivity index (χ0v) is 19.8. The van der Waals surface area contributed by atoms with E-state index in [0.717, 1.165) is 35.3 Å². The summed E-state index contributed by atoms with van der Waals surface area (Å²) >= 11 is 0. The molecule has 0 saturated carbocycles. The molecule has 162 valence electrons. The van der Waals surface area contributed by atoms with Crippen molar-refractivity contribution in [2.75, 3.05) is 13.1 Å². The lowest BCUT2D eigenvalue weighted by Crippen LogP contribution is -2.52. The molecule has 0 bridgehead atoms. The van der Waals surface area contributed by atoms with Crippen LogP contribution in [0.1, 0.15) is 86.1 Å². The quantitative estimate of drug-likeness (QED) is 0.666. The summed E-state index contributed by atoms with van der Waals surface area (Å²) in [5.41, 5.74) is 5.22. The minimum absolute atomic E-state index is 0.0200. The highest BCUT2D eigenvalue weighted by molar-refractivity contribution is 5.97. The minimum atomic E-state index is -0.166. The topological polar surface area (TPSA) is 32.3 Å². The van der Waals surface area contributed by atoms with Gasteiger partial charge in [-0.05, 0) is 81.3 Å². The van der Waals surface area contributed by atoms with Crippen molar-refractivity contribution in [3.8, 4) is 0 Å². The number of nitrogens with zero attached hydrogens (tertiary/aromatic N) is 1. The highest BCUT2D eigenvalue weighted by Gasteiger charge is 2.39. The predicted octanol–water partition coefficient (Wildman–Crippen LogP) is 5.95. The standard InChI is InChI=1S/C27H38N2O/c1-19-17-22(26(3,4)5)18-20(2)23(19)25(30)28-24(21-13-9-8-10-14-21)27(6,7)29-15-11-12-16-29/h8-10,13-14,17-18,24H,11-12,15-16H2,1-7H3,(H,28,30). The first-order valence-electron chi connectivity index (χ1n) is 11.2. The van der Waals surface area contributed by atoms with Crippen LogP contribution in [-0.2, 0) is 5.41 Å². The lowest BCUT2D eigenvalue weighted by atomic mass is 9.83. The number of carbonyl (C=O) groups is 1. The number of nitrogens with one attached hydrogen (secondary N) is 1. The smallest absolute Gasteiger partial charge is 0.252 e.